The molecule has 3 heterocycles. The minimum Gasteiger partial charge on any atom is -0.473 e. The summed E-state index contributed by atoms with van der Waals surface area (Å²) in [4.78, 5) is 19.8. The molecule has 0 aliphatic heterocycles. The van der Waals surface area contributed by atoms with E-state index in [1.807, 2.05) is 42.6 Å². The Bertz CT molecular complexity index is 2090. The Morgan fingerprint density at radius 1 is 0.667 bits per heavy atom. The molecule has 0 unspecified atom stereocenters. The van der Waals surface area contributed by atoms with E-state index in [4.69, 9.17) is 19.9 Å². The van der Waals surface area contributed by atoms with Crippen LogP contribution < -0.4 is 4.98 Å². The van der Waals surface area contributed by atoms with Crippen molar-refractivity contribution in [1.29, 1.82) is 0 Å². The van der Waals surface area contributed by atoms with Gasteiger partial charge in [-0.25, -0.2) is 0 Å². The van der Waals surface area contributed by atoms with E-state index in [0.717, 1.165) is 55.0 Å². The number of imidazole rings is 1. The molecule has 0 N–H and O–H groups in total. The van der Waals surface area contributed by atoms with Gasteiger partial charge in [0.25, 0.3) is 0 Å². The van der Waals surface area contributed by atoms with Crippen LogP contribution in [-0.4, -0.2) is 15.0 Å². The normalized spacial score (nSPS) is 12.3. The summed E-state index contributed by atoms with van der Waals surface area (Å²) in [5.41, 5.74) is 8.86. The molecule has 0 bridgehead atoms. The number of aromatic nitrogens is 4. The van der Waals surface area contributed by atoms with Crippen LogP contribution in [0.2, 0.25) is 0 Å². The van der Waals surface area contributed by atoms with Crippen molar-refractivity contribution in [2.75, 3.05) is 0 Å². The maximum Gasteiger partial charge on any atom is 2.00 e. The van der Waals surface area contributed by atoms with Crippen LogP contribution in [-0.2, 0) is 31.9 Å². The fourth-order valence-electron chi connectivity index (χ4n) is 5.90. The van der Waals surface area contributed by atoms with E-state index in [1.54, 1.807) is 0 Å². The standard InChI is InChI=1S/C37H32N4.Pt/c1-36(2,3)27-18-19-38-33-25(27)16-14-22-15-17-26-28(37(4,5)6)21-31(39-34(26)32(22)33)23-10-9-11-24(20-23)35-40-29-12-7-8-13-30(29)41-35;/h7-19,21H,1-6H3;/q-2;+2. The van der Waals surface area contributed by atoms with Crippen LogP contribution in [0.25, 0.3) is 66.3 Å². The smallest absolute Gasteiger partial charge is 0.473 e. The minimum atomic E-state index is -0.0949. The molecule has 5 heteroatoms. The van der Waals surface area contributed by atoms with Gasteiger partial charge in [0.15, 0.2) is 0 Å². The van der Waals surface area contributed by atoms with E-state index in [0.29, 0.717) is 5.82 Å². The largest absolute Gasteiger partial charge is 2.00 e. The van der Waals surface area contributed by atoms with Crippen molar-refractivity contribution in [3.8, 4) is 22.6 Å². The van der Waals surface area contributed by atoms with Crippen LogP contribution in [0.1, 0.15) is 52.7 Å². The van der Waals surface area contributed by atoms with Crippen LogP contribution in [0.3, 0.4) is 0 Å². The molecule has 4 aromatic carbocycles. The van der Waals surface area contributed by atoms with Crippen molar-refractivity contribution >= 4 is 43.6 Å². The van der Waals surface area contributed by atoms with Crippen molar-refractivity contribution in [3.63, 3.8) is 0 Å². The van der Waals surface area contributed by atoms with Gasteiger partial charge in [-0.1, -0.05) is 102 Å². The molecule has 0 amide bonds. The predicted octanol–water partition coefficient (Wildman–Crippen LogP) is 9.17. The molecular weight excluding hydrogens is 696 g/mol. The Balaban J connectivity index is 0.00000316. The molecule has 0 saturated heterocycles. The Kier molecular flexibility index (Phi) is 6.82. The van der Waals surface area contributed by atoms with E-state index in [2.05, 4.69) is 90.1 Å². The summed E-state index contributed by atoms with van der Waals surface area (Å²) in [7, 11) is 0. The topological polar surface area (TPSA) is 52.8 Å². The number of fused-ring (bicyclic) bond motifs is 6. The van der Waals surface area contributed by atoms with Gasteiger partial charge in [0.2, 0.25) is 0 Å². The summed E-state index contributed by atoms with van der Waals surface area (Å²) in [5, 5.41) is 4.58. The second-order valence-electron chi connectivity index (χ2n) is 12.9. The van der Waals surface area contributed by atoms with Gasteiger partial charge in [-0.2, -0.15) is 0 Å². The van der Waals surface area contributed by atoms with E-state index in [-0.39, 0.29) is 31.9 Å². The Labute approximate surface area is 260 Å². The molecule has 0 saturated carbocycles. The van der Waals surface area contributed by atoms with Crippen molar-refractivity contribution in [1.82, 2.24) is 19.9 Å². The SMILES string of the molecule is CC(C)(C)c1ccnc2c1ccc1ccc3c(C(C)(C)C)cc(-c4[c-]c(-c5nc6ccccc6[n-]5)ccc4)nc3c12.[Pt+2]. The molecular formula is C37H32N4Pt. The first-order valence-electron chi connectivity index (χ1n) is 14.2. The molecule has 0 atom stereocenters. The third-order valence-corrected chi connectivity index (χ3v) is 7.93. The number of benzene rings is 4. The van der Waals surface area contributed by atoms with E-state index < -0.39 is 0 Å². The monoisotopic (exact) mass is 727 g/mol. The molecule has 0 fully saturated rings. The number of pyridine rings is 2. The molecule has 0 aliphatic carbocycles. The molecule has 7 aromatic rings. The van der Waals surface area contributed by atoms with Crippen LogP contribution in [0.15, 0.2) is 85.1 Å². The second-order valence-corrected chi connectivity index (χ2v) is 12.9. The zero-order valence-electron chi connectivity index (χ0n) is 24.7. The third kappa shape index (κ3) is 4.72. The summed E-state index contributed by atoms with van der Waals surface area (Å²) < 4.78 is 0. The zero-order valence-corrected chi connectivity index (χ0v) is 27.0. The Morgan fingerprint density at radius 3 is 2.07 bits per heavy atom. The number of para-hydroxylation sites is 2. The summed E-state index contributed by atoms with van der Waals surface area (Å²) in [6.45, 7) is 13.6. The average molecular weight is 728 g/mol. The van der Waals surface area contributed by atoms with Crippen molar-refractivity contribution in [2.24, 2.45) is 0 Å². The van der Waals surface area contributed by atoms with Gasteiger partial charge in [-0.05, 0) is 44.4 Å². The summed E-state index contributed by atoms with van der Waals surface area (Å²) in [6.07, 6.45) is 1.94. The van der Waals surface area contributed by atoms with Crippen molar-refractivity contribution in [2.45, 2.75) is 52.4 Å². The molecule has 7 rings (SSSR count). The first-order chi connectivity index (χ1) is 19.6. The number of nitrogens with zero attached hydrogens (tertiary/aromatic N) is 4. The quantitative estimate of drug-likeness (QED) is 0.132. The second kappa shape index (κ2) is 10.1. The summed E-state index contributed by atoms with van der Waals surface area (Å²) >= 11 is 0. The summed E-state index contributed by atoms with van der Waals surface area (Å²) in [5.74, 6) is 0.681. The predicted molar refractivity (Wildman–Crippen MR) is 170 cm³/mol. The molecule has 42 heavy (non-hydrogen) atoms. The number of hydrogen-bond acceptors (Lipinski definition) is 3. The van der Waals surface area contributed by atoms with Gasteiger partial charge in [-0.15, -0.1) is 35.7 Å². The van der Waals surface area contributed by atoms with Gasteiger partial charge in [0.1, 0.15) is 0 Å². The van der Waals surface area contributed by atoms with Crippen molar-refractivity contribution < 1.29 is 21.1 Å². The maximum atomic E-state index is 5.36. The van der Waals surface area contributed by atoms with E-state index >= 15 is 0 Å². The number of hydrogen-bond donors (Lipinski definition) is 0. The average Bonchev–Trinajstić information content (AvgIpc) is 3.39. The van der Waals surface area contributed by atoms with Crippen LogP contribution >= 0.6 is 0 Å². The fraction of sp³-hybridized carbons (Fsp3) is 0.216. The van der Waals surface area contributed by atoms with Gasteiger partial charge < -0.3 is 9.97 Å². The van der Waals surface area contributed by atoms with E-state index in [9.17, 15) is 0 Å². The Morgan fingerprint density at radius 2 is 1.36 bits per heavy atom. The summed E-state index contributed by atoms with van der Waals surface area (Å²) in [6, 6.07) is 30.9. The molecule has 3 aromatic heterocycles. The van der Waals surface area contributed by atoms with Crippen LogP contribution in [0.4, 0.5) is 0 Å². The van der Waals surface area contributed by atoms with Crippen LogP contribution in [0.5, 0.6) is 0 Å². The molecule has 0 spiro atoms. The molecule has 210 valence electrons. The first kappa shape index (κ1) is 28.2. The molecule has 4 nitrogen and oxygen atoms in total. The van der Waals surface area contributed by atoms with Gasteiger partial charge >= 0.3 is 21.1 Å². The maximum absolute atomic E-state index is 5.36. The van der Waals surface area contributed by atoms with E-state index in [1.165, 1.54) is 16.5 Å². The fourth-order valence-corrected chi connectivity index (χ4v) is 5.90. The van der Waals surface area contributed by atoms with Gasteiger partial charge in [-0.3, -0.25) is 9.97 Å². The van der Waals surface area contributed by atoms with Crippen molar-refractivity contribution in [3.05, 3.63) is 102 Å². The molecule has 0 aliphatic rings. The van der Waals surface area contributed by atoms with Gasteiger partial charge in [0.05, 0.1) is 11.0 Å². The van der Waals surface area contributed by atoms with Gasteiger partial charge in [0, 0.05) is 28.0 Å². The minimum absolute atomic E-state index is 0. The Hall–Kier alpha value is -3.88. The first-order valence-corrected chi connectivity index (χ1v) is 14.2. The molecule has 0 radical (unpaired) electrons. The third-order valence-electron chi connectivity index (χ3n) is 7.93. The van der Waals surface area contributed by atoms with Crippen LogP contribution in [0, 0.1) is 6.07 Å². The number of rotatable bonds is 2. The zero-order chi connectivity index (χ0) is 28.5.